The number of hydrogen-bond donors (Lipinski definition) is 1. The number of hydrazone groups is 1. The Bertz CT molecular complexity index is 637. The maximum absolute atomic E-state index is 11.6. The van der Waals surface area contributed by atoms with Crippen molar-refractivity contribution in [2.24, 2.45) is 5.10 Å². The number of rotatable bonds is 7. The first-order chi connectivity index (χ1) is 10.7. The van der Waals surface area contributed by atoms with Gasteiger partial charge in [-0.05, 0) is 59.3 Å². The highest BCUT2D eigenvalue weighted by molar-refractivity contribution is 9.10. The third-order valence-corrected chi connectivity index (χ3v) is 2.91. The molecule has 0 aliphatic rings. The monoisotopic (exact) mass is 366 g/mol. The number of nitrogens with one attached hydrogen (secondary N) is 1. The normalized spacial score (nSPS) is 10.6. The van der Waals surface area contributed by atoms with Gasteiger partial charge in [-0.15, -0.1) is 0 Å². The fourth-order valence-corrected chi connectivity index (χ4v) is 1.86. The van der Waals surface area contributed by atoms with Gasteiger partial charge >= 0.3 is 0 Å². The van der Waals surface area contributed by atoms with Gasteiger partial charge in [0.2, 0.25) is 0 Å². The minimum Gasteiger partial charge on any atom is -0.494 e. The molecule has 116 valence electrons. The molecule has 0 bridgehead atoms. The zero-order chi connectivity index (χ0) is 15.8. The molecule has 1 aromatic carbocycles. The highest BCUT2D eigenvalue weighted by atomic mass is 79.9. The van der Waals surface area contributed by atoms with Gasteiger partial charge in [0.15, 0.2) is 11.3 Å². The van der Waals surface area contributed by atoms with Crippen LogP contribution >= 0.6 is 15.9 Å². The summed E-state index contributed by atoms with van der Waals surface area (Å²) in [5, 5.41) is 3.77. The van der Waals surface area contributed by atoms with Crippen LogP contribution in [-0.2, 0) is 4.79 Å². The molecule has 6 nitrogen and oxygen atoms in total. The van der Waals surface area contributed by atoms with Gasteiger partial charge in [-0.2, -0.15) is 5.10 Å². The van der Waals surface area contributed by atoms with Gasteiger partial charge in [0, 0.05) is 0 Å². The lowest BCUT2D eigenvalue weighted by atomic mass is 10.3. The van der Waals surface area contributed by atoms with Crippen molar-refractivity contribution in [3.63, 3.8) is 0 Å². The third kappa shape index (κ3) is 5.25. The molecule has 1 heterocycles. The maximum Gasteiger partial charge on any atom is 0.277 e. The van der Waals surface area contributed by atoms with Crippen molar-refractivity contribution in [3.05, 3.63) is 46.8 Å². The number of carbonyl (C=O) groups excluding carboxylic acids is 1. The molecule has 0 radical (unpaired) electrons. The first-order valence-corrected chi connectivity index (χ1v) is 7.39. The molecule has 2 aromatic rings. The molecule has 0 aliphatic carbocycles. The second kappa shape index (κ2) is 8.23. The Balaban J connectivity index is 1.74. The largest absolute Gasteiger partial charge is 0.494 e. The van der Waals surface area contributed by atoms with Crippen LogP contribution in [0.15, 0.2) is 50.6 Å². The lowest BCUT2D eigenvalue weighted by molar-refractivity contribution is -0.123. The summed E-state index contributed by atoms with van der Waals surface area (Å²) in [6, 6.07) is 10.5. The second-order valence-electron chi connectivity index (χ2n) is 4.13. The molecule has 2 rings (SSSR count). The molecular weight excluding hydrogens is 352 g/mol. The van der Waals surface area contributed by atoms with Crippen molar-refractivity contribution in [2.75, 3.05) is 13.2 Å². The number of carbonyl (C=O) groups is 1. The Labute approximate surface area is 136 Å². The van der Waals surface area contributed by atoms with Crippen LogP contribution in [0.25, 0.3) is 0 Å². The summed E-state index contributed by atoms with van der Waals surface area (Å²) in [4.78, 5) is 11.6. The van der Waals surface area contributed by atoms with Crippen LogP contribution in [0.3, 0.4) is 0 Å². The summed E-state index contributed by atoms with van der Waals surface area (Å²) in [5.41, 5.74) is 2.35. The van der Waals surface area contributed by atoms with Crippen molar-refractivity contribution >= 4 is 28.1 Å². The molecule has 1 aromatic heterocycles. The summed E-state index contributed by atoms with van der Waals surface area (Å²) >= 11 is 3.17. The molecule has 7 heteroatoms. The van der Waals surface area contributed by atoms with E-state index in [1.165, 1.54) is 6.21 Å². The van der Waals surface area contributed by atoms with Gasteiger partial charge in [-0.25, -0.2) is 5.43 Å². The van der Waals surface area contributed by atoms with Crippen LogP contribution in [0.1, 0.15) is 12.7 Å². The summed E-state index contributed by atoms with van der Waals surface area (Å²) in [6.45, 7) is 2.39. The Kier molecular flexibility index (Phi) is 6.02. The van der Waals surface area contributed by atoms with Crippen molar-refractivity contribution in [1.82, 2.24) is 5.43 Å². The van der Waals surface area contributed by atoms with Gasteiger partial charge in [-0.1, -0.05) is 0 Å². The van der Waals surface area contributed by atoms with Crippen LogP contribution in [-0.4, -0.2) is 25.3 Å². The first-order valence-electron chi connectivity index (χ1n) is 6.60. The van der Waals surface area contributed by atoms with Gasteiger partial charge in [0.25, 0.3) is 5.91 Å². The predicted molar refractivity (Wildman–Crippen MR) is 85.3 cm³/mol. The zero-order valence-corrected chi connectivity index (χ0v) is 13.5. The van der Waals surface area contributed by atoms with E-state index in [0.717, 1.165) is 5.75 Å². The third-order valence-electron chi connectivity index (χ3n) is 2.48. The SMILES string of the molecule is CCOc1ccc(OCC(=O)N/N=C/c2ccc(Br)o2)cc1. The summed E-state index contributed by atoms with van der Waals surface area (Å²) in [6.07, 6.45) is 1.40. The first kappa shape index (κ1) is 16.1. The zero-order valence-electron chi connectivity index (χ0n) is 11.9. The second-order valence-corrected chi connectivity index (χ2v) is 4.91. The average molecular weight is 367 g/mol. The predicted octanol–water partition coefficient (Wildman–Crippen LogP) is 2.97. The molecular formula is C15H15BrN2O4. The van der Waals surface area contributed by atoms with E-state index in [0.29, 0.717) is 22.8 Å². The smallest absolute Gasteiger partial charge is 0.277 e. The molecule has 0 saturated heterocycles. The van der Waals surface area contributed by atoms with Gasteiger partial charge in [-0.3, -0.25) is 4.79 Å². The fraction of sp³-hybridized carbons (Fsp3) is 0.200. The van der Waals surface area contributed by atoms with Gasteiger partial charge < -0.3 is 13.9 Å². The summed E-state index contributed by atoms with van der Waals surface area (Å²) < 4.78 is 16.4. The number of halogens is 1. The Morgan fingerprint density at radius 3 is 2.50 bits per heavy atom. The Morgan fingerprint density at radius 1 is 1.23 bits per heavy atom. The molecule has 0 atom stereocenters. The van der Waals surface area contributed by atoms with Crippen molar-refractivity contribution in [3.8, 4) is 11.5 Å². The van der Waals surface area contributed by atoms with Crippen LogP contribution in [0, 0.1) is 0 Å². The Hall–Kier alpha value is -2.28. The van der Waals surface area contributed by atoms with E-state index < -0.39 is 0 Å². The van der Waals surface area contributed by atoms with Crippen molar-refractivity contribution in [1.29, 1.82) is 0 Å². The van der Waals surface area contributed by atoms with Crippen LogP contribution in [0.5, 0.6) is 11.5 Å². The maximum atomic E-state index is 11.6. The number of nitrogens with zero attached hydrogens (tertiary/aromatic N) is 1. The standard InChI is InChI=1S/C15H15BrN2O4/c1-2-20-11-3-5-12(6-4-11)21-10-15(19)18-17-9-13-7-8-14(16)22-13/h3-9H,2,10H2,1H3,(H,18,19)/b17-9+. The van der Waals surface area contributed by atoms with Gasteiger partial charge in [0.1, 0.15) is 17.3 Å². The number of furan rings is 1. The molecule has 0 aliphatic heterocycles. The minimum absolute atomic E-state index is 0.132. The van der Waals surface area contributed by atoms with Crippen LogP contribution in [0.4, 0.5) is 0 Å². The molecule has 1 amide bonds. The van der Waals surface area contributed by atoms with E-state index in [9.17, 15) is 4.79 Å². The lowest BCUT2D eigenvalue weighted by Crippen LogP contribution is -2.24. The van der Waals surface area contributed by atoms with E-state index in [1.54, 1.807) is 36.4 Å². The Morgan fingerprint density at radius 2 is 1.91 bits per heavy atom. The van der Waals surface area contributed by atoms with E-state index in [4.69, 9.17) is 13.9 Å². The van der Waals surface area contributed by atoms with Crippen LogP contribution in [0.2, 0.25) is 0 Å². The van der Waals surface area contributed by atoms with Crippen LogP contribution < -0.4 is 14.9 Å². The molecule has 0 spiro atoms. The molecule has 0 fully saturated rings. The number of benzene rings is 1. The number of hydrogen-bond acceptors (Lipinski definition) is 5. The average Bonchev–Trinajstić information content (AvgIpc) is 2.92. The molecule has 1 N–H and O–H groups in total. The van der Waals surface area contributed by atoms with Crippen molar-refractivity contribution in [2.45, 2.75) is 6.92 Å². The lowest BCUT2D eigenvalue weighted by Gasteiger charge is -2.06. The van der Waals surface area contributed by atoms with E-state index in [2.05, 4.69) is 26.5 Å². The topological polar surface area (TPSA) is 73.1 Å². The minimum atomic E-state index is -0.365. The number of amides is 1. The molecule has 22 heavy (non-hydrogen) atoms. The van der Waals surface area contributed by atoms with E-state index in [1.807, 2.05) is 6.92 Å². The van der Waals surface area contributed by atoms with E-state index >= 15 is 0 Å². The van der Waals surface area contributed by atoms with Gasteiger partial charge in [0.05, 0.1) is 12.8 Å². The highest BCUT2D eigenvalue weighted by Gasteiger charge is 2.02. The summed E-state index contributed by atoms with van der Waals surface area (Å²) in [5.74, 6) is 1.50. The number of ether oxygens (including phenoxy) is 2. The summed E-state index contributed by atoms with van der Waals surface area (Å²) in [7, 11) is 0. The fourth-order valence-electron chi connectivity index (χ4n) is 1.55. The molecule has 0 unspecified atom stereocenters. The van der Waals surface area contributed by atoms with Crippen molar-refractivity contribution < 1.29 is 18.7 Å². The highest BCUT2D eigenvalue weighted by Crippen LogP contribution is 2.17. The van der Waals surface area contributed by atoms with E-state index in [-0.39, 0.29) is 12.5 Å². The molecule has 0 saturated carbocycles. The quantitative estimate of drug-likeness (QED) is 0.603.